The Morgan fingerprint density at radius 2 is 1.07 bits per heavy atom. The summed E-state index contributed by atoms with van der Waals surface area (Å²) >= 11 is 0. The Morgan fingerprint density at radius 3 is 1.53 bits per heavy atom. The third-order valence-corrected chi connectivity index (χ3v) is 21.0. The lowest BCUT2D eigenvalue weighted by Gasteiger charge is -2.44. The molecule has 0 heterocycles. The lowest BCUT2D eigenvalue weighted by Crippen LogP contribution is -2.61. The summed E-state index contributed by atoms with van der Waals surface area (Å²) in [7, 11) is 11.3. The van der Waals surface area contributed by atoms with Gasteiger partial charge >= 0.3 is 12.1 Å². The zero-order valence-corrected chi connectivity index (χ0v) is 68.9. The molecule has 25 nitrogen and oxygen atoms in total. The minimum atomic E-state index is -1.55. The van der Waals surface area contributed by atoms with E-state index >= 15 is 9.59 Å². The first-order chi connectivity index (χ1) is 49.9. The molecule has 600 valence electrons. The first kappa shape index (κ1) is 93.3. The fraction of sp³-hybridized carbons (Fsp3) is 0.683. The van der Waals surface area contributed by atoms with Crippen molar-refractivity contribution in [3.63, 3.8) is 0 Å². The van der Waals surface area contributed by atoms with E-state index in [-0.39, 0.29) is 75.2 Å². The molecule has 0 aromatic heterocycles. The minimum Gasteiger partial charge on any atom is -0.467 e. The number of methoxy groups -OCH3 is 3. The monoisotopic (exact) mass is 1500 g/mol. The number of aliphatic hydroxyl groups is 1. The first-order valence-electron chi connectivity index (χ1n) is 38.0. The number of rotatable bonds is 44. The van der Waals surface area contributed by atoms with Crippen LogP contribution < -0.4 is 16.0 Å². The number of Topliss-reactive ketones (excluding diaryl/α,β-unsaturated/α-hetero) is 3. The summed E-state index contributed by atoms with van der Waals surface area (Å²) in [5.41, 5.74) is 2.89. The zero-order chi connectivity index (χ0) is 81.6. The molecule has 4 N–H and O–H groups in total. The quantitative estimate of drug-likeness (QED) is 0.0273. The van der Waals surface area contributed by atoms with E-state index in [1.165, 1.54) is 102 Å². The summed E-state index contributed by atoms with van der Waals surface area (Å²) in [5.74, 6) is -11.8. The van der Waals surface area contributed by atoms with Crippen molar-refractivity contribution >= 4 is 70.8 Å². The molecule has 0 bridgehead atoms. The van der Waals surface area contributed by atoms with Crippen LogP contribution in [-0.2, 0) is 71.7 Å². The van der Waals surface area contributed by atoms with E-state index in [0.717, 1.165) is 22.3 Å². The van der Waals surface area contributed by atoms with Crippen molar-refractivity contribution < 1.29 is 81.6 Å². The standard InChI is InChI=1S/C82H130N8O17/c1-27-29-34-51(13)70(94)68(73(96)84-62(28-2)79(102)104-24)85-74(97)69(50(11)12)89(22)77(100)55(39-46(3)4)43-66(92)64(41-48(7)8)87(20)75(98)53(15)83-72(95)52(14)42-65(91)63(40-47(5)6)88(21)78(101)60(49(9)10)44-67(93)71(82(17,18)80(105-25)106-26)90(23)76(99)54(16)86(19)81(103)107-45-61-58-37-32-30-35-56(58)57-36-31-33-38-59(57)61/h27,29-33,35-38,46-55,60-64,68-71,80,94H,28,34,39-45H2,1-26H3,(H,83,95)(H,84,96)(H,85,97)/b29-27+/t51-,52-,53-,54-,55-,60+,62+,63+,64+,68+,69+,70-,71-/m1/s1. The number of ether oxygens (including phenoxy) is 4. The van der Waals surface area contributed by atoms with E-state index in [1.54, 1.807) is 68.4 Å². The molecule has 0 aliphatic heterocycles. The fourth-order valence-electron chi connectivity index (χ4n) is 14.7. The second-order valence-corrected chi connectivity index (χ2v) is 32.0. The molecule has 1 aliphatic rings. The van der Waals surface area contributed by atoms with Crippen LogP contribution in [0.15, 0.2) is 60.7 Å². The first-order valence-corrected chi connectivity index (χ1v) is 38.0. The van der Waals surface area contributed by atoms with Gasteiger partial charge in [0.2, 0.25) is 41.4 Å². The van der Waals surface area contributed by atoms with Gasteiger partial charge in [-0.15, -0.1) is 0 Å². The van der Waals surface area contributed by atoms with Gasteiger partial charge in [0.05, 0.1) is 25.3 Å². The third kappa shape index (κ3) is 24.8. The molecule has 8 amide bonds. The van der Waals surface area contributed by atoms with Gasteiger partial charge in [-0.2, -0.15) is 0 Å². The number of carbonyl (C=O) groups excluding carboxylic acids is 12. The van der Waals surface area contributed by atoms with E-state index in [1.807, 2.05) is 96.1 Å². The number of carbonyl (C=O) groups is 12. The molecule has 2 aromatic carbocycles. The maximum Gasteiger partial charge on any atom is 0.410 e. The molecule has 0 fully saturated rings. The Bertz CT molecular complexity index is 3340. The largest absolute Gasteiger partial charge is 0.467 e. The van der Waals surface area contributed by atoms with Crippen molar-refractivity contribution in [2.24, 2.45) is 58.7 Å². The topological polar surface area (TPSA) is 314 Å². The SMILES string of the molecule is C/C=C/C[C@@H](C)[C@@H](O)[C@H](NC(=O)[C@H](C(C)C)N(C)C(=O)[C@@H](CC(=O)[C@H](CC(C)C)N(C)C(=O)[C@@H](C)NC(=O)[C@H](C)CC(=O)[C@H](CC(C)C)N(C)C(=O)[C@@H](CC(=O)[C@@H](N(C)C(=O)[C@@H](C)N(C)C(=O)OCC1c2ccccc2-c2ccccc21)C(C)(C)C(OC)OC)C(C)C)CC(C)C)C(=O)N[C@@H](CC)C(=O)OC. The molecule has 0 unspecified atom stereocenters. The normalized spacial score (nSPS) is 16.0. The van der Waals surface area contributed by atoms with E-state index in [4.69, 9.17) is 18.9 Å². The lowest BCUT2D eigenvalue weighted by atomic mass is 9.76. The molecular formula is C82H130N8O17. The van der Waals surface area contributed by atoms with Crippen molar-refractivity contribution in [3.8, 4) is 11.1 Å². The average molecular weight is 1500 g/mol. The number of benzene rings is 2. The van der Waals surface area contributed by atoms with Crippen LogP contribution in [0, 0.1) is 58.7 Å². The number of amides is 8. The Balaban J connectivity index is 1.85. The molecule has 1 aliphatic carbocycles. The van der Waals surface area contributed by atoms with Crippen molar-refractivity contribution in [2.45, 2.75) is 243 Å². The van der Waals surface area contributed by atoms with Gasteiger partial charge in [-0.05, 0) is 111 Å². The van der Waals surface area contributed by atoms with Crippen LogP contribution in [0.25, 0.3) is 11.1 Å². The van der Waals surface area contributed by atoms with E-state index in [9.17, 15) is 53.1 Å². The average Bonchev–Trinajstić information content (AvgIpc) is 1.65. The zero-order valence-electron chi connectivity index (χ0n) is 68.9. The number of aliphatic hydroxyl groups excluding tert-OH is 1. The summed E-state index contributed by atoms with van der Waals surface area (Å²) in [6.07, 6.45) is 0.454. The number of hydrogen-bond donors (Lipinski definition) is 4. The summed E-state index contributed by atoms with van der Waals surface area (Å²) < 4.78 is 22.3. The van der Waals surface area contributed by atoms with Crippen molar-refractivity contribution in [1.29, 1.82) is 0 Å². The Kier molecular flexibility index (Phi) is 37.3. The minimum absolute atomic E-state index is 0.0138. The number of hydrogen-bond acceptors (Lipinski definition) is 17. The molecular weight excluding hydrogens is 1370 g/mol. The van der Waals surface area contributed by atoms with Gasteiger partial charge in [0.25, 0.3) is 0 Å². The summed E-state index contributed by atoms with van der Waals surface area (Å²) in [5, 5.41) is 19.6. The van der Waals surface area contributed by atoms with Crippen LogP contribution >= 0.6 is 0 Å². The van der Waals surface area contributed by atoms with Crippen LogP contribution in [0.3, 0.4) is 0 Å². The number of ketones is 3. The molecule has 2 aromatic rings. The van der Waals surface area contributed by atoms with Gasteiger partial charge in [-0.25, -0.2) is 9.59 Å². The van der Waals surface area contributed by atoms with Crippen LogP contribution in [0.2, 0.25) is 0 Å². The third-order valence-electron chi connectivity index (χ3n) is 21.0. The molecule has 0 spiro atoms. The number of likely N-dealkylation sites (N-methyl/N-ethyl adjacent to an activating group) is 5. The molecule has 0 radical (unpaired) electrons. The summed E-state index contributed by atoms with van der Waals surface area (Å²) in [6.45, 7) is 31.5. The highest BCUT2D eigenvalue weighted by Gasteiger charge is 2.49. The molecule has 3 rings (SSSR count). The van der Waals surface area contributed by atoms with E-state index in [0.29, 0.717) is 6.42 Å². The summed E-state index contributed by atoms with van der Waals surface area (Å²) in [4.78, 5) is 179. The van der Waals surface area contributed by atoms with Crippen LogP contribution in [0.5, 0.6) is 0 Å². The Hall–Kier alpha value is -7.90. The second kappa shape index (κ2) is 42.7. The molecule has 0 saturated heterocycles. The van der Waals surface area contributed by atoms with Gasteiger partial charge in [-0.3, -0.25) is 52.8 Å². The second-order valence-electron chi connectivity index (χ2n) is 32.0. The fourth-order valence-corrected chi connectivity index (χ4v) is 14.7. The highest BCUT2D eigenvalue weighted by Crippen LogP contribution is 2.45. The van der Waals surface area contributed by atoms with Crippen molar-refractivity contribution in [2.75, 3.05) is 63.2 Å². The number of esters is 1. The predicted molar refractivity (Wildman–Crippen MR) is 412 cm³/mol. The number of allylic oxidation sites excluding steroid dienone is 2. The predicted octanol–water partition coefficient (Wildman–Crippen LogP) is 9.43. The highest BCUT2D eigenvalue weighted by molar-refractivity contribution is 5.99. The molecule has 0 saturated carbocycles. The molecule has 25 heteroatoms. The van der Waals surface area contributed by atoms with Gasteiger partial charge in [0, 0.05) is 97.8 Å². The molecule has 107 heavy (non-hydrogen) atoms. The number of nitrogens with one attached hydrogen (secondary N) is 3. The Labute approximate surface area is 637 Å². The van der Waals surface area contributed by atoms with Crippen LogP contribution in [0.1, 0.15) is 193 Å². The summed E-state index contributed by atoms with van der Waals surface area (Å²) in [6, 6.07) is 6.27. The maximum atomic E-state index is 15.2. The van der Waals surface area contributed by atoms with E-state index < -0.39 is 172 Å². The van der Waals surface area contributed by atoms with Crippen LogP contribution in [-0.4, -0.2) is 224 Å². The molecule has 13 atom stereocenters. The van der Waals surface area contributed by atoms with Crippen LogP contribution in [0.4, 0.5) is 4.79 Å². The van der Waals surface area contributed by atoms with Gasteiger partial charge in [0.1, 0.15) is 42.9 Å². The smallest absolute Gasteiger partial charge is 0.410 e. The number of nitrogens with zero attached hydrogens (tertiary/aromatic N) is 5. The lowest BCUT2D eigenvalue weighted by molar-refractivity contribution is -0.191. The van der Waals surface area contributed by atoms with Crippen molar-refractivity contribution in [1.82, 2.24) is 40.4 Å². The van der Waals surface area contributed by atoms with Gasteiger partial charge < -0.3 is 59.6 Å². The van der Waals surface area contributed by atoms with Gasteiger partial charge in [0.15, 0.2) is 23.6 Å². The van der Waals surface area contributed by atoms with Crippen molar-refractivity contribution in [3.05, 3.63) is 71.8 Å². The highest BCUT2D eigenvalue weighted by atomic mass is 16.7. The van der Waals surface area contributed by atoms with Gasteiger partial charge in [-0.1, -0.05) is 165 Å². The maximum absolute atomic E-state index is 15.2. The Morgan fingerprint density at radius 1 is 0.561 bits per heavy atom. The number of fused-ring (bicyclic) bond motifs is 3. The van der Waals surface area contributed by atoms with E-state index in [2.05, 4.69) is 16.0 Å².